The van der Waals surface area contributed by atoms with E-state index in [1.807, 2.05) is 35.2 Å². The predicted octanol–water partition coefficient (Wildman–Crippen LogP) is 2.19. The maximum Gasteiger partial charge on any atom is 0.156 e. The van der Waals surface area contributed by atoms with Crippen molar-refractivity contribution < 1.29 is 0 Å². The third-order valence-electron chi connectivity index (χ3n) is 2.11. The van der Waals surface area contributed by atoms with Gasteiger partial charge in [-0.1, -0.05) is 5.92 Å². The molecule has 0 aliphatic heterocycles. The molecule has 3 heterocycles. The fourth-order valence-corrected chi connectivity index (χ4v) is 1.94. The van der Waals surface area contributed by atoms with Crippen LogP contribution in [0.1, 0.15) is 11.3 Å². The second-order valence-electron chi connectivity index (χ2n) is 3.21. The van der Waals surface area contributed by atoms with Crippen LogP contribution in [0.2, 0.25) is 0 Å². The van der Waals surface area contributed by atoms with Crippen LogP contribution in [0.3, 0.4) is 0 Å². The number of aromatic nitrogens is 3. The van der Waals surface area contributed by atoms with Crippen LogP contribution in [0.5, 0.6) is 0 Å². The molecule has 0 fully saturated rings. The van der Waals surface area contributed by atoms with E-state index in [4.69, 9.17) is 0 Å². The summed E-state index contributed by atoms with van der Waals surface area (Å²) in [4.78, 5) is 4.36. The van der Waals surface area contributed by atoms with Gasteiger partial charge in [0.25, 0.3) is 0 Å². The first kappa shape index (κ1) is 9.13. The summed E-state index contributed by atoms with van der Waals surface area (Å²) < 4.78 is 1.72. The van der Waals surface area contributed by atoms with Crippen molar-refractivity contribution in [2.45, 2.75) is 0 Å². The van der Waals surface area contributed by atoms with E-state index < -0.39 is 0 Å². The summed E-state index contributed by atoms with van der Waals surface area (Å²) in [7, 11) is 0. The molecule has 0 amide bonds. The van der Waals surface area contributed by atoms with E-state index in [0.29, 0.717) is 0 Å². The lowest BCUT2D eigenvalue weighted by atomic mass is 10.3. The predicted molar refractivity (Wildman–Crippen MR) is 63.3 cm³/mol. The molecule has 0 radical (unpaired) electrons. The van der Waals surface area contributed by atoms with E-state index in [0.717, 1.165) is 16.9 Å². The Morgan fingerprint density at radius 1 is 1.19 bits per heavy atom. The van der Waals surface area contributed by atoms with Crippen LogP contribution in [-0.4, -0.2) is 14.6 Å². The van der Waals surface area contributed by atoms with E-state index in [-0.39, 0.29) is 0 Å². The van der Waals surface area contributed by atoms with Crippen LogP contribution in [-0.2, 0) is 0 Å². The average Bonchev–Trinajstić information content (AvgIpc) is 2.97. The second-order valence-corrected chi connectivity index (χ2v) is 3.99. The minimum absolute atomic E-state index is 0.763. The molecular weight excluding hydrogens is 218 g/mol. The van der Waals surface area contributed by atoms with Gasteiger partial charge in [0.15, 0.2) is 5.65 Å². The Kier molecular flexibility index (Phi) is 2.17. The highest BCUT2D eigenvalue weighted by Crippen LogP contribution is 2.04. The lowest BCUT2D eigenvalue weighted by Crippen LogP contribution is -1.91. The molecule has 0 aromatic carbocycles. The Labute approximate surface area is 96.4 Å². The monoisotopic (exact) mass is 225 g/mol. The summed E-state index contributed by atoms with van der Waals surface area (Å²) >= 11 is 1.64. The van der Waals surface area contributed by atoms with Crippen molar-refractivity contribution >= 4 is 17.0 Å². The van der Waals surface area contributed by atoms with Crippen molar-refractivity contribution in [2.75, 3.05) is 0 Å². The maximum absolute atomic E-state index is 4.36. The summed E-state index contributed by atoms with van der Waals surface area (Å²) in [6, 6.07) is 5.71. The van der Waals surface area contributed by atoms with Gasteiger partial charge in [0.05, 0.1) is 6.20 Å². The number of rotatable bonds is 0. The van der Waals surface area contributed by atoms with Crippen LogP contribution >= 0.6 is 11.3 Å². The minimum atomic E-state index is 0.763. The highest BCUT2D eigenvalue weighted by Gasteiger charge is 1.95. The zero-order valence-electron chi connectivity index (χ0n) is 8.29. The molecule has 3 aromatic rings. The highest BCUT2D eigenvalue weighted by molar-refractivity contribution is 7.08. The number of hydrogen-bond donors (Lipinski definition) is 0. The van der Waals surface area contributed by atoms with E-state index in [1.165, 1.54) is 0 Å². The Morgan fingerprint density at radius 2 is 2.19 bits per heavy atom. The summed E-state index contributed by atoms with van der Waals surface area (Å²) in [6.07, 6.45) is 3.58. The van der Waals surface area contributed by atoms with Gasteiger partial charge in [-0.2, -0.15) is 16.4 Å². The van der Waals surface area contributed by atoms with Crippen molar-refractivity contribution in [3.63, 3.8) is 0 Å². The molecule has 0 bridgehead atoms. The van der Waals surface area contributed by atoms with E-state index in [9.17, 15) is 0 Å². The zero-order valence-corrected chi connectivity index (χ0v) is 9.11. The van der Waals surface area contributed by atoms with Crippen LogP contribution in [0.4, 0.5) is 0 Å². The first-order chi connectivity index (χ1) is 7.92. The molecule has 0 saturated heterocycles. The SMILES string of the molecule is C(#Cc1ccn2nccc2n1)c1ccsc1. The third-order valence-corrected chi connectivity index (χ3v) is 2.80. The zero-order chi connectivity index (χ0) is 10.8. The second kappa shape index (κ2) is 3.80. The Balaban J connectivity index is 2.00. The van der Waals surface area contributed by atoms with Gasteiger partial charge in [0, 0.05) is 23.2 Å². The van der Waals surface area contributed by atoms with E-state index in [2.05, 4.69) is 21.9 Å². The van der Waals surface area contributed by atoms with Crippen LogP contribution in [0.25, 0.3) is 5.65 Å². The molecule has 0 N–H and O–H groups in total. The van der Waals surface area contributed by atoms with Gasteiger partial charge in [-0.15, -0.1) is 0 Å². The quantitative estimate of drug-likeness (QED) is 0.549. The molecule has 0 aliphatic carbocycles. The van der Waals surface area contributed by atoms with Crippen molar-refractivity contribution in [1.29, 1.82) is 0 Å². The lowest BCUT2D eigenvalue weighted by molar-refractivity contribution is 0.936. The van der Waals surface area contributed by atoms with Gasteiger partial charge >= 0.3 is 0 Å². The van der Waals surface area contributed by atoms with Crippen molar-refractivity contribution in [3.8, 4) is 11.8 Å². The highest BCUT2D eigenvalue weighted by atomic mass is 32.1. The van der Waals surface area contributed by atoms with Gasteiger partial charge in [-0.25, -0.2) is 9.50 Å². The summed E-state index contributed by atoms with van der Waals surface area (Å²) in [5.74, 6) is 6.10. The molecule has 76 valence electrons. The molecule has 3 nitrogen and oxygen atoms in total. The standard InChI is InChI=1S/C12H7N3S/c1(10-5-8-16-9-10)2-11-4-7-15-12(14-11)3-6-13-15/h3-9H. The average molecular weight is 225 g/mol. The molecular formula is C12H7N3S. The molecule has 0 aliphatic rings. The van der Waals surface area contributed by atoms with Gasteiger partial charge < -0.3 is 0 Å². The molecule has 0 saturated carbocycles. The normalized spacial score (nSPS) is 10.0. The molecule has 0 spiro atoms. The van der Waals surface area contributed by atoms with Crippen molar-refractivity contribution in [3.05, 3.63) is 52.6 Å². The Morgan fingerprint density at radius 3 is 3.06 bits per heavy atom. The van der Waals surface area contributed by atoms with Crippen LogP contribution in [0, 0.1) is 11.8 Å². The van der Waals surface area contributed by atoms with Crippen LogP contribution in [0.15, 0.2) is 41.4 Å². The van der Waals surface area contributed by atoms with Gasteiger partial charge in [0.2, 0.25) is 0 Å². The summed E-state index contributed by atoms with van der Waals surface area (Å²) in [5, 5.41) is 8.11. The fourth-order valence-electron chi connectivity index (χ4n) is 1.35. The van der Waals surface area contributed by atoms with E-state index in [1.54, 1.807) is 22.0 Å². The lowest BCUT2D eigenvalue weighted by Gasteiger charge is -1.92. The Hall–Kier alpha value is -2.12. The number of hydrogen-bond acceptors (Lipinski definition) is 3. The minimum Gasteiger partial charge on any atom is -0.223 e. The molecule has 4 heteroatoms. The summed E-state index contributed by atoms with van der Waals surface area (Å²) in [5.41, 5.74) is 2.61. The van der Waals surface area contributed by atoms with Gasteiger partial charge in [0.1, 0.15) is 5.69 Å². The van der Waals surface area contributed by atoms with Gasteiger partial charge in [-0.3, -0.25) is 0 Å². The smallest absolute Gasteiger partial charge is 0.156 e. The fraction of sp³-hybridized carbons (Fsp3) is 0. The molecule has 0 atom stereocenters. The molecule has 3 aromatic heterocycles. The van der Waals surface area contributed by atoms with E-state index >= 15 is 0 Å². The molecule has 0 unspecified atom stereocenters. The third kappa shape index (κ3) is 1.69. The molecule has 16 heavy (non-hydrogen) atoms. The first-order valence-electron chi connectivity index (χ1n) is 4.76. The number of fused-ring (bicyclic) bond motifs is 1. The van der Waals surface area contributed by atoms with Gasteiger partial charge in [-0.05, 0) is 23.4 Å². The van der Waals surface area contributed by atoms with Crippen molar-refractivity contribution in [1.82, 2.24) is 14.6 Å². The van der Waals surface area contributed by atoms with Crippen LogP contribution < -0.4 is 0 Å². The van der Waals surface area contributed by atoms with Crippen molar-refractivity contribution in [2.24, 2.45) is 0 Å². The topological polar surface area (TPSA) is 30.2 Å². The first-order valence-corrected chi connectivity index (χ1v) is 5.71. The molecule has 3 rings (SSSR count). The summed E-state index contributed by atoms with van der Waals surface area (Å²) in [6.45, 7) is 0. The largest absolute Gasteiger partial charge is 0.223 e. The number of thiophene rings is 1. The maximum atomic E-state index is 4.36. The number of nitrogens with zero attached hydrogens (tertiary/aromatic N) is 3. The Bertz CT molecular complexity index is 671.